The van der Waals surface area contributed by atoms with Crippen LogP contribution in [0.1, 0.15) is 24.1 Å². The van der Waals surface area contributed by atoms with Gasteiger partial charge in [0, 0.05) is 30.0 Å². The first kappa shape index (κ1) is 13.8. The molecule has 0 unspecified atom stereocenters. The fraction of sp³-hybridized carbons (Fsp3) is 0.412. The maximum Gasteiger partial charge on any atom is 0.0802 e. The molecule has 1 heterocycles. The number of nitrogens with one attached hydrogen (secondary N) is 1. The fourth-order valence-electron chi connectivity index (χ4n) is 2.67. The first-order chi connectivity index (χ1) is 9.81. The minimum atomic E-state index is 0.111. The Kier molecular flexibility index (Phi) is 4.20. The normalized spacial score (nSPS) is 16.9. The summed E-state index contributed by atoms with van der Waals surface area (Å²) in [5.74, 6) is 0. The van der Waals surface area contributed by atoms with E-state index in [1.54, 1.807) is 0 Å². The van der Waals surface area contributed by atoms with Crippen molar-refractivity contribution in [3.63, 3.8) is 0 Å². The molecule has 0 aliphatic heterocycles. The molecule has 0 amide bonds. The molecule has 1 aliphatic carbocycles. The lowest BCUT2D eigenvalue weighted by atomic mass is 9.80. The van der Waals surface area contributed by atoms with Gasteiger partial charge >= 0.3 is 0 Å². The van der Waals surface area contributed by atoms with Crippen LogP contribution in [0.25, 0.3) is 10.4 Å². The average Bonchev–Trinajstić information content (AvgIpc) is 2.92. The largest absolute Gasteiger partial charge is 0.377 e. The number of thiophene rings is 1. The van der Waals surface area contributed by atoms with Crippen LogP contribution in [0.15, 0.2) is 42.5 Å². The number of methoxy groups -OCH3 is 1. The van der Waals surface area contributed by atoms with Gasteiger partial charge in [-0.1, -0.05) is 30.3 Å². The topological polar surface area (TPSA) is 21.3 Å². The Hall–Kier alpha value is -1.16. The third kappa shape index (κ3) is 2.95. The van der Waals surface area contributed by atoms with E-state index in [2.05, 4.69) is 47.8 Å². The predicted molar refractivity (Wildman–Crippen MR) is 85.1 cm³/mol. The zero-order valence-electron chi connectivity index (χ0n) is 11.9. The molecular formula is C17H21NOS. The molecular weight excluding hydrogens is 266 g/mol. The lowest BCUT2D eigenvalue weighted by molar-refractivity contribution is -0.0695. The van der Waals surface area contributed by atoms with Gasteiger partial charge in [-0.2, -0.15) is 0 Å². The van der Waals surface area contributed by atoms with Crippen LogP contribution in [0.4, 0.5) is 0 Å². The maximum atomic E-state index is 5.63. The van der Waals surface area contributed by atoms with E-state index in [1.165, 1.54) is 34.6 Å². The summed E-state index contributed by atoms with van der Waals surface area (Å²) in [7, 11) is 1.83. The van der Waals surface area contributed by atoms with Gasteiger partial charge in [0.2, 0.25) is 0 Å². The monoisotopic (exact) mass is 287 g/mol. The summed E-state index contributed by atoms with van der Waals surface area (Å²) in [5.41, 5.74) is 1.41. The summed E-state index contributed by atoms with van der Waals surface area (Å²) >= 11 is 1.87. The first-order valence-electron chi connectivity index (χ1n) is 7.21. The molecule has 106 valence electrons. The van der Waals surface area contributed by atoms with Gasteiger partial charge < -0.3 is 10.1 Å². The number of hydrogen-bond donors (Lipinski definition) is 1. The van der Waals surface area contributed by atoms with Crippen molar-refractivity contribution in [1.82, 2.24) is 5.32 Å². The van der Waals surface area contributed by atoms with Crippen LogP contribution in [0.3, 0.4) is 0 Å². The molecule has 2 nitrogen and oxygen atoms in total. The molecule has 3 heteroatoms. The summed E-state index contributed by atoms with van der Waals surface area (Å²) in [6, 6.07) is 15.0. The molecule has 0 radical (unpaired) electrons. The molecule has 1 saturated carbocycles. The van der Waals surface area contributed by atoms with Gasteiger partial charge in [-0.15, -0.1) is 11.3 Å². The number of benzene rings is 1. The number of rotatable bonds is 6. The van der Waals surface area contributed by atoms with Crippen LogP contribution >= 0.6 is 11.3 Å². The fourth-order valence-corrected chi connectivity index (χ4v) is 3.65. The summed E-state index contributed by atoms with van der Waals surface area (Å²) in [4.78, 5) is 2.72. The third-order valence-electron chi connectivity index (χ3n) is 4.16. The predicted octanol–water partition coefficient (Wildman–Crippen LogP) is 4.07. The molecule has 0 atom stereocenters. The van der Waals surface area contributed by atoms with Crippen molar-refractivity contribution in [3.05, 3.63) is 47.3 Å². The molecule has 0 saturated heterocycles. The number of ether oxygens (including phenoxy) is 1. The molecule has 20 heavy (non-hydrogen) atoms. The van der Waals surface area contributed by atoms with E-state index in [4.69, 9.17) is 4.74 Å². The molecule has 1 fully saturated rings. The van der Waals surface area contributed by atoms with Crippen LogP contribution in [0.2, 0.25) is 0 Å². The Balaban J connectivity index is 1.55. The van der Waals surface area contributed by atoms with Crippen molar-refractivity contribution in [2.75, 3.05) is 13.7 Å². The van der Waals surface area contributed by atoms with E-state index in [1.807, 2.05) is 18.4 Å². The van der Waals surface area contributed by atoms with E-state index >= 15 is 0 Å². The summed E-state index contributed by atoms with van der Waals surface area (Å²) in [6.07, 6.45) is 3.68. The molecule has 1 N–H and O–H groups in total. The smallest absolute Gasteiger partial charge is 0.0802 e. The van der Waals surface area contributed by atoms with Gasteiger partial charge in [-0.05, 0) is 37.0 Å². The van der Waals surface area contributed by atoms with Gasteiger partial charge in [0.15, 0.2) is 0 Å². The van der Waals surface area contributed by atoms with E-state index in [0.29, 0.717) is 0 Å². The van der Waals surface area contributed by atoms with Crippen molar-refractivity contribution < 1.29 is 4.74 Å². The second-order valence-electron chi connectivity index (χ2n) is 5.48. The Morgan fingerprint density at radius 3 is 2.60 bits per heavy atom. The first-order valence-corrected chi connectivity index (χ1v) is 8.03. The van der Waals surface area contributed by atoms with Crippen LogP contribution in [0.5, 0.6) is 0 Å². The third-order valence-corrected chi connectivity index (χ3v) is 5.30. The van der Waals surface area contributed by atoms with E-state index in [0.717, 1.165) is 13.1 Å². The Bertz CT molecular complexity index is 540. The maximum absolute atomic E-state index is 5.63. The molecule has 0 bridgehead atoms. The molecule has 1 aromatic heterocycles. The molecule has 1 aromatic carbocycles. The van der Waals surface area contributed by atoms with Crippen LogP contribution < -0.4 is 5.32 Å². The van der Waals surface area contributed by atoms with Crippen molar-refractivity contribution in [2.24, 2.45) is 0 Å². The van der Waals surface area contributed by atoms with E-state index in [-0.39, 0.29) is 5.60 Å². The SMILES string of the molecule is COC1(CNCc2ccc(-c3ccccc3)s2)CCC1. The minimum Gasteiger partial charge on any atom is -0.377 e. The van der Waals surface area contributed by atoms with Crippen LogP contribution in [-0.4, -0.2) is 19.3 Å². The zero-order valence-corrected chi connectivity index (χ0v) is 12.7. The summed E-state index contributed by atoms with van der Waals surface area (Å²) in [6.45, 7) is 1.89. The standard InChI is InChI=1S/C17H21NOS/c1-19-17(10-5-11-17)13-18-12-15-8-9-16(20-15)14-6-3-2-4-7-14/h2-4,6-9,18H,5,10-13H2,1H3. The number of hydrogen-bond acceptors (Lipinski definition) is 3. The zero-order chi connectivity index (χ0) is 13.8. The summed E-state index contributed by atoms with van der Waals surface area (Å²) < 4.78 is 5.63. The van der Waals surface area contributed by atoms with Crippen molar-refractivity contribution in [3.8, 4) is 10.4 Å². The van der Waals surface area contributed by atoms with Crippen LogP contribution in [0, 0.1) is 0 Å². The average molecular weight is 287 g/mol. The highest BCUT2D eigenvalue weighted by atomic mass is 32.1. The quantitative estimate of drug-likeness (QED) is 0.864. The molecule has 2 aromatic rings. The summed E-state index contributed by atoms with van der Waals surface area (Å²) in [5, 5.41) is 3.55. The molecule has 0 spiro atoms. The van der Waals surface area contributed by atoms with Gasteiger partial charge in [0.05, 0.1) is 5.60 Å². The molecule has 1 aliphatic rings. The highest BCUT2D eigenvalue weighted by Crippen LogP contribution is 2.34. The van der Waals surface area contributed by atoms with E-state index < -0.39 is 0 Å². The van der Waals surface area contributed by atoms with Gasteiger partial charge in [-0.3, -0.25) is 0 Å². The van der Waals surface area contributed by atoms with Gasteiger partial charge in [0.1, 0.15) is 0 Å². The van der Waals surface area contributed by atoms with Crippen molar-refractivity contribution in [2.45, 2.75) is 31.4 Å². The lowest BCUT2D eigenvalue weighted by Gasteiger charge is -2.40. The van der Waals surface area contributed by atoms with Crippen molar-refractivity contribution >= 4 is 11.3 Å². The molecule has 3 rings (SSSR count). The lowest BCUT2D eigenvalue weighted by Crippen LogP contribution is -2.47. The van der Waals surface area contributed by atoms with Crippen LogP contribution in [-0.2, 0) is 11.3 Å². The second-order valence-corrected chi connectivity index (χ2v) is 6.64. The minimum absolute atomic E-state index is 0.111. The van der Waals surface area contributed by atoms with Gasteiger partial charge in [-0.25, -0.2) is 0 Å². The highest BCUT2D eigenvalue weighted by molar-refractivity contribution is 7.15. The van der Waals surface area contributed by atoms with E-state index in [9.17, 15) is 0 Å². The highest BCUT2D eigenvalue weighted by Gasteiger charge is 2.36. The second kappa shape index (κ2) is 6.08. The Labute approximate surface area is 124 Å². The van der Waals surface area contributed by atoms with Gasteiger partial charge in [0.25, 0.3) is 0 Å². The van der Waals surface area contributed by atoms with Crippen molar-refractivity contribution in [1.29, 1.82) is 0 Å². The Morgan fingerprint density at radius 1 is 1.15 bits per heavy atom. The Morgan fingerprint density at radius 2 is 1.95 bits per heavy atom.